The maximum Gasteiger partial charge on any atom is 0.193 e. The van der Waals surface area contributed by atoms with Crippen molar-refractivity contribution in [2.45, 2.75) is 0 Å². The third-order valence-electron chi connectivity index (χ3n) is 1.20. The SMILES string of the molecule is O=CC#Cc1ccc(F)cc1F. The van der Waals surface area contributed by atoms with E-state index in [1.54, 1.807) is 0 Å². The third kappa shape index (κ3) is 1.89. The second-order valence-corrected chi connectivity index (χ2v) is 2.01. The number of hydrogen-bond donors (Lipinski definition) is 0. The summed E-state index contributed by atoms with van der Waals surface area (Å²) in [6.45, 7) is 0. The fraction of sp³-hybridized carbons (Fsp3) is 0. The second kappa shape index (κ2) is 3.63. The summed E-state index contributed by atoms with van der Waals surface area (Å²) in [6.07, 6.45) is 0.350. The molecule has 0 saturated heterocycles. The molecule has 0 fully saturated rings. The minimum absolute atomic E-state index is 0.0171. The Morgan fingerprint density at radius 3 is 2.67 bits per heavy atom. The van der Waals surface area contributed by atoms with Gasteiger partial charge in [-0.3, -0.25) is 4.79 Å². The van der Waals surface area contributed by atoms with E-state index in [0.29, 0.717) is 6.29 Å². The van der Waals surface area contributed by atoms with Crippen molar-refractivity contribution < 1.29 is 13.6 Å². The quantitative estimate of drug-likeness (QED) is 0.421. The van der Waals surface area contributed by atoms with Crippen LogP contribution in [-0.2, 0) is 4.79 Å². The van der Waals surface area contributed by atoms with Crippen molar-refractivity contribution in [3.05, 3.63) is 35.4 Å². The number of halogens is 2. The van der Waals surface area contributed by atoms with Gasteiger partial charge < -0.3 is 0 Å². The van der Waals surface area contributed by atoms with Crippen molar-refractivity contribution >= 4 is 6.29 Å². The Morgan fingerprint density at radius 2 is 2.08 bits per heavy atom. The first-order valence-electron chi connectivity index (χ1n) is 3.14. The molecule has 60 valence electrons. The van der Waals surface area contributed by atoms with E-state index in [1.165, 1.54) is 6.07 Å². The highest BCUT2D eigenvalue weighted by Gasteiger charge is 1.99. The van der Waals surface area contributed by atoms with Crippen molar-refractivity contribution in [1.82, 2.24) is 0 Å². The molecule has 12 heavy (non-hydrogen) atoms. The van der Waals surface area contributed by atoms with E-state index in [-0.39, 0.29) is 5.56 Å². The Balaban J connectivity index is 3.09. The van der Waals surface area contributed by atoms with Crippen LogP contribution in [0, 0.1) is 23.5 Å². The fourth-order valence-corrected chi connectivity index (χ4v) is 0.698. The molecule has 0 atom stereocenters. The Hall–Kier alpha value is -1.69. The lowest BCUT2D eigenvalue weighted by molar-refractivity contribution is -0.103. The average molecular weight is 166 g/mol. The Morgan fingerprint density at radius 1 is 1.33 bits per heavy atom. The first-order valence-corrected chi connectivity index (χ1v) is 3.14. The normalized spacial score (nSPS) is 8.50. The summed E-state index contributed by atoms with van der Waals surface area (Å²) in [6, 6.07) is 2.98. The van der Waals surface area contributed by atoms with Crippen LogP contribution < -0.4 is 0 Å². The molecule has 0 amide bonds. The lowest BCUT2D eigenvalue weighted by Gasteiger charge is -1.92. The van der Waals surface area contributed by atoms with Crippen LogP contribution in [0.3, 0.4) is 0 Å². The van der Waals surface area contributed by atoms with Crippen LogP contribution in [0.5, 0.6) is 0 Å². The van der Waals surface area contributed by atoms with Gasteiger partial charge in [-0.05, 0) is 18.1 Å². The molecule has 1 aromatic carbocycles. The molecule has 0 unspecified atom stereocenters. The predicted octanol–water partition coefficient (Wildman–Crippen LogP) is 1.52. The third-order valence-corrected chi connectivity index (χ3v) is 1.20. The number of aldehydes is 1. The molecule has 1 aromatic rings. The molecule has 0 aromatic heterocycles. The monoisotopic (exact) mass is 166 g/mol. The first kappa shape index (κ1) is 8.41. The molecule has 1 rings (SSSR count). The van der Waals surface area contributed by atoms with E-state index < -0.39 is 11.6 Å². The minimum atomic E-state index is -0.760. The first-order chi connectivity index (χ1) is 5.74. The van der Waals surface area contributed by atoms with E-state index in [0.717, 1.165) is 12.1 Å². The summed E-state index contributed by atoms with van der Waals surface area (Å²) in [5.74, 6) is 2.84. The zero-order chi connectivity index (χ0) is 8.97. The average Bonchev–Trinajstić information content (AvgIpc) is 2.03. The summed E-state index contributed by atoms with van der Waals surface area (Å²) in [7, 11) is 0. The van der Waals surface area contributed by atoms with Gasteiger partial charge in [-0.25, -0.2) is 8.78 Å². The van der Waals surface area contributed by atoms with E-state index >= 15 is 0 Å². The van der Waals surface area contributed by atoms with Crippen molar-refractivity contribution in [3.8, 4) is 11.8 Å². The topological polar surface area (TPSA) is 17.1 Å². The molecule has 0 aliphatic heterocycles. The molecule has 0 bridgehead atoms. The minimum Gasteiger partial charge on any atom is -0.289 e. The lowest BCUT2D eigenvalue weighted by atomic mass is 10.2. The van der Waals surface area contributed by atoms with Gasteiger partial charge in [0.1, 0.15) is 11.6 Å². The van der Waals surface area contributed by atoms with Crippen LogP contribution in [0.1, 0.15) is 5.56 Å². The van der Waals surface area contributed by atoms with Crippen LogP contribution in [0.15, 0.2) is 18.2 Å². The summed E-state index contributed by atoms with van der Waals surface area (Å²) >= 11 is 0. The number of carbonyl (C=O) groups excluding carboxylic acids is 1. The van der Waals surface area contributed by atoms with Gasteiger partial charge in [0.15, 0.2) is 6.29 Å². The second-order valence-electron chi connectivity index (χ2n) is 2.01. The van der Waals surface area contributed by atoms with Gasteiger partial charge in [-0.15, -0.1) is 0 Å². The molecule has 0 aliphatic rings. The Bertz CT molecular complexity index is 361. The van der Waals surface area contributed by atoms with E-state index in [1.807, 2.05) is 5.92 Å². The van der Waals surface area contributed by atoms with Gasteiger partial charge in [0, 0.05) is 6.07 Å². The number of carbonyl (C=O) groups is 1. The molecule has 0 spiro atoms. The van der Waals surface area contributed by atoms with Crippen LogP contribution in [0.2, 0.25) is 0 Å². The highest BCUT2D eigenvalue weighted by molar-refractivity contribution is 5.73. The zero-order valence-electron chi connectivity index (χ0n) is 5.97. The van der Waals surface area contributed by atoms with Crippen molar-refractivity contribution in [2.75, 3.05) is 0 Å². The van der Waals surface area contributed by atoms with Gasteiger partial charge >= 0.3 is 0 Å². The van der Waals surface area contributed by atoms with Gasteiger partial charge in [0.25, 0.3) is 0 Å². The number of benzene rings is 1. The molecule has 3 heteroatoms. The van der Waals surface area contributed by atoms with Crippen molar-refractivity contribution in [1.29, 1.82) is 0 Å². The standard InChI is InChI=1S/C9H4F2O/c10-8-4-3-7(2-1-5-12)9(11)6-8/h3-6H. The van der Waals surface area contributed by atoms with Gasteiger partial charge in [0.2, 0.25) is 0 Å². The van der Waals surface area contributed by atoms with Gasteiger partial charge in [-0.1, -0.05) is 5.92 Å². The summed E-state index contributed by atoms with van der Waals surface area (Å²) < 4.78 is 25.0. The Kier molecular flexibility index (Phi) is 2.54. The van der Waals surface area contributed by atoms with Crippen LogP contribution in [-0.4, -0.2) is 6.29 Å². The smallest absolute Gasteiger partial charge is 0.193 e. The molecule has 0 saturated carbocycles. The molecule has 1 nitrogen and oxygen atoms in total. The highest BCUT2D eigenvalue weighted by Crippen LogP contribution is 2.07. The summed E-state index contributed by atoms with van der Waals surface area (Å²) in [5.41, 5.74) is 0.0171. The van der Waals surface area contributed by atoms with Crippen LogP contribution in [0.4, 0.5) is 8.78 Å². The molecule has 0 aliphatic carbocycles. The molecule has 0 radical (unpaired) electrons. The maximum absolute atomic E-state index is 12.7. The van der Waals surface area contributed by atoms with Crippen molar-refractivity contribution in [2.24, 2.45) is 0 Å². The highest BCUT2D eigenvalue weighted by atomic mass is 19.1. The molecule has 0 N–H and O–H groups in total. The largest absolute Gasteiger partial charge is 0.289 e. The molecular weight excluding hydrogens is 162 g/mol. The maximum atomic E-state index is 12.7. The number of hydrogen-bond acceptors (Lipinski definition) is 1. The van der Waals surface area contributed by atoms with Gasteiger partial charge in [0.05, 0.1) is 5.56 Å². The van der Waals surface area contributed by atoms with Crippen molar-refractivity contribution in [3.63, 3.8) is 0 Å². The summed E-state index contributed by atoms with van der Waals surface area (Å²) in [4.78, 5) is 9.79. The van der Waals surface area contributed by atoms with Crippen LogP contribution in [0.25, 0.3) is 0 Å². The van der Waals surface area contributed by atoms with E-state index in [9.17, 15) is 13.6 Å². The molecular formula is C9H4F2O. The number of rotatable bonds is 0. The van der Waals surface area contributed by atoms with E-state index in [4.69, 9.17) is 0 Å². The van der Waals surface area contributed by atoms with Gasteiger partial charge in [-0.2, -0.15) is 0 Å². The molecule has 0 heterocycles. The fourth-order valence-electron chi connectivity index (χ4n) is 0.698. The lowest BCUT2D eigenvalue weighted by Crippen LogP contribution is -1.84. The van der Waals surface area contributed by atoms with E-state index in [2.05, 4.69) is 5.92 Å². The van der Waals surface area contributed by atoms with Crippen LogP contribution >= 0.6 is 0 Å². The predicted molar refractivity (Wildman–Crippen MR) is 39.3 cm³/mol. The zero-order valence-corrected chi connectivity index (χ0v) is 5.97. The Labute approximate surface area is 68.0 Å². The summed E-state index contributed by atoms with van der Waals surface area (Å²) in [5, 5.41) is 0.